The molecule has 88 valence electrons. The summed E-state index contributed by atoms with van der Waals surface area (Å²) in [4.78, 5) is 11.8. The first-order chi connectivity index (χ1) is 7.41. The lowest BCUT2D eigenvalue weighted by molar-refractivity contribution is -0.137. The van der Waals surface area contributed by atoms with Gasteiger partial charge in [0, 0.05) is 10.6 Å². The summed E-state index contributed by atoms with van der Waals surface area (Å²) in [5.41, 5.74) is 6.22. The first kappa shape index (κ1) is 13.2. The third kappa shape index (κ3) is 3.32. The standard InChI is InChI=1S/C11H14ClNO2S/c1-6(2)10(11(14)15)16-9-5-7(13)3-4-8(9)12/h3-6,10H,13H2,1-2H3,(H,14,15). The summed E-state index contributed by atoms with van der Waals surface area (Å²) in [6.07, 6.45) is 0. The lowest BCUT2D eigenvalue weighted by Gasteiger charge is -2.16. The SMILES string of the molecule is CC(C)C(Sc1cc(N)ccc1Cl)C(=O)O. The molecule has 16 heavy (non-hydrogen) atoms. The maximum atomic E-state index is 11.0. The topological polar surface area (TPSA) is 63.3 Å². The number of anilines is 1. The number of carboxylic acid groups (broad SMARTS) is 1. The van der Waals surface area contributed by atoms with Crippen LogP contribution in [-0.2, 0) is 4.79 Å². The maximum Gasteiger partial charge on any atom is 0.317 e. The molecule has 0 aliphatic heterocycles. The fourth-order valence-corrected chi connectivity index (χ4v) is 2.50. The Kier molecular flexibility index (Phi) is 4.50. The summed E-state index contributed by atoms with van der Waals surface area (Å²) in [6.45, 7) is 3.73. The molecule has 1 aromatic carbocycles. The fraction of sp³-hybridized carbons (Fsp3) is 0.364. The van der Waals surface area contributed by atoms with Crippen LogP contribution in [0, 0.1) is 5.92 Å². The van der Waals surface area contributed by atoms with Crippen molar-refractivity contribution in [3.8, 4) is 0 Å². The lowest BCUT2D eigenvalue weighted by Crippen LogP contribution is -2.22. The van der Waals surface area contributed by atoms with Crippen molar-refractivity contribution in [1.82, 2.24) is 0 Å². The molecule has 5 heteroatoms. The monoisotopic (exact) mass is 259 g/mol. The van der Waals surface area contributed by atoms with E-state index in [-0.39, 0.29) is 5.92 Å². The number of halogens is 1. The van der Waals surface area contributed by atoms with Crippen molar-refractivity contribution in [2.45, 2.75) is 24.0 Å². The smallest absolute Gasteiger partial charge is 0.317 e. The molecule has 0 aliphatic carbocycles. The molecule has 0 amide bonds. The van der Waals surface area contributed by atoms with Crippen LogP contribution in [0.15, 0.2) is 23.1 Å². The minimum absolute atomic E-state index is 0.0278. The van der Waals surface area contributed by atoms with E-state index in [1.807, 2.05) is 13.8 Å². The number of rotatable bonds is 4. The van der Waals surface area contributed by atoms with Gasteiger partial charge in [-0.05, 0) is 24.1 Å². The minimum atomic E-state index is -0.835. The molecule has 1 unspecified atom stereocenters. The van der Waals surface area contributed by atoms with Crippen LogP contribution in [0.2, 0.25) is 5.02 Å². The molecule has 0 saturated heterocycles. The van der Waals surface area contributed by atoms with Gasteiger partial charge < -0.3 is 10.8 Å². The van der Waals surface area contributed by atoms with E-state index in [9.17, 15) is 4.79 Å². The van der Waals surface area contributed by atoms with Crippen LogP contribution in [0.3, 0.4) is 0 Å². The quantitative estimate of drug-likeness (QED) is 0.644. The van der Waals surface area contributed by atoms with E-state index in [4.69, 9.17) is 22.4 Å². The molecule has 1 aromatic rings. The highest BCUT2D eigenvalue weighted by atomic mass is 35.5. The number of hydrogen-bond acceptors (Lipinski definition) is 3. The number of nitrogens with two attached hydrogens (primary N) is 1. The Morgan fingerprint density at radius 1 is 1.50 bits per heavy atom. The molecule has 0 saturated carbocycles. The zero-order valence-electron chi connectivity index (χ0n) is 9.11. The molecular formula is C11H14ClNO2S. The zero-order valence-corrected chi connectivity index (χ0v) is 10.7. The summed E-state index contributed by atoms with van der Waals surface area (Å²) < 4.78 is 0. The molecule has 0 spiro atoms. The van der Waals surface area contributed by atoms with Crippen molar-refractivity contribution in [1.29, 1.82) is 0 Å². The molecular weight excluding hydrogens is 246 g/mol. The summed E-state index contributed by atoms with van der Waals surface area (Å²) in [5, 5.41) is 9.09. The Labute approximate surface area is 104 Å². The molecule has 3 N–H and O–H groups in total. The third-order valence-corrected chi connectivity index (χ3v) is 4.09. The Morgan fingerprint density at radius 3 is 2.62 bits per heavy atom. The van der Waals surface area contributed by atoms with Crippen LogP contribution in [0.1, 0.15) is 13.8 Å². The van der Waals surface area contributed by atoms with Crippen LogP contribution >= 0.6 is 23.4 Å². The summed E-state index contributed by atoms with van der Waals surface area (Å²) in [6, 6.07) is 5.07. The normalized spacial score (nSPS) is 12.8. The first-order valence-corrected chi connectivity index (χ1v) is 6.12. The number of carbonyl (C=O) groups is 1. The van der Waals surface area contributed by atoms with Gasteiger partial charge in [-0.25, -0.2) is 0 Å². The van der Waals surface area contributed by atoms with Gasteiger partial charge in [0.1, 0.15) is 5.25 Å². The van der Waals surface area contributed by atoms with Crippen LogP contribution in [-0.4, -0.2) is 16.3 Å². The average Bonchev–Trinajstić information content (AvgIpc) is 2.18. The van der Waals surface area contributed by atoms with Crippen molar-refractivity contribution >= 4 is 35.0 Å². The van der Waals surface area contributed by atoms with E-state index in [0.717, 1.165) is 0 Å². The highest BCUT2D eigenvalue weighted by molar-refractivity contribution is 8.00. The molecule has 0 heterocycles. The van der Waals surface area contributed by atoms with E-state index < -0.39 is 11.2 Å². The Morgan fingerprint density at radius 2 is 2.12 bits per heavy atom. The van der Waals surface area contributed by atoms with Crippen molar-refractivity contribution < 1.29 is 9.90 Å². The Balaban J connectivity index is 2.93. The second kappa shape index (κ2) is 5.46. The third-order valence-electron chi connectivity index (χ3n) is 2.06. The Bertz CT molecular complexity index is 396. The molecule has 0 bridgehead atoms. The van der Waals surface area contributed by atoms with E-state index in [1.165, 1.54) is 11.8 Å². The Hall–Kier alpha value is -0.870. The molecule has 3 nitrogen and oxygen atoms in total. The number of carboxylic acids is 1. The minimum Gasteiger partial charge on any atom is -0.480 e. The average molecular weight is 260 g/mol. The highest BCUT2D eigenvalue weighted by Gasteiger charge is 2.23. The second-order valence-electron chi connectivity index (χ2n) is 3.81. The second-order valence-corrected chi connectivity index (χ2v) is 5.40. The van der Waals surface area contributed by atoms with Gasteiger partial charge in [0.05, 0.1) is 5.02 Å². The number of nitrogen functional groups attached to an aromatic ring is 1. The lowest BCUT2D eigenvalue weighted by atomic mass is 10.1. The molecule has 0 aromatic heterocycles. The molecule has 0 radical (unpaired) electrons. The fourth-order valence-electron chi connectivity index (χ4n) is 1.22. The van der Waals surface area contributed by atoms with Gasteiger partial charge in [-0.3, -0.25) is 4.79 Å². The van der Waals surface area contributed by atoms with Crippen molar-refractivity contribution in [3.05, 3.63) is 23.2 Å². The van der Waals surface area contributed by atoms with Crippen LogP contribution in [0.4, 0.5) is 5.69 Å². The van der Waals surface area contributed by atoms with Gasteiger partial charge in [0.25, 0.3) is 0 Å². The predicted molar refractivity (Wildman–Crippen MR) is 68.0 cm³/mol. The zero-order chi connectivity index (χ0) is 12.3. The molecule has 1 atom stereocenters. The summed E-state index contributed by atoms with van der Waals surface area (Å²) >= 11 is 7.21. The number of aliphatic carboxylic acids is 1. The van der Waals surface area contributed by atoms with Crippen LogP contribution < -0.4 is 5.73 Å². The van der Waals surface area contributed by atoms with Gasteiger partial charge in [-0.1, -0.05) is 25.4 Å². The van der Waals surface area contributed by atoms with Gasteiger partial charge in [0.15, 0.2) is 0 Å². The number of thioether (sulfide) groups is 1. The highest BCUT2D eigenvalue weighted by Crippen LogP contribution is 2.34. The van der Waals surface area contributed by atoms with Crippen molar-refractivity contribution in [3.63, 3.8) is 0 Å². The van der Waals surface area contributed by atoms with E-state index in [1.54, 1.807) is 18.2 Å². The van der Waals surface area contributed by atoms with Crippen molar-refractivity contribution in [2.24, 2.45) is 5.92 Å². The van der Waals surface area contributed by atoms with E-state index in [2.05, 4.69) is 0 Å². The summed E-state index contributed by atoms with van der Waals surface area (Å²) in [5.74, 6) is -0.807. The van der Waals surface area contributed by atoms with Gasteiger partial charge in [-0.2, -0.15) is 0 Å². The van der Waals surface area contributed by atoms with Gasteiger partial charge in [0.2, 0.25) is 0 Å². The largest absolute Gasteiger partial charge is 0.480 e. The predicted octanol–water partition coefficient (Wildman–Crippen LogP) is 3.12. The first-order valence-electron chi connectivity index (χ1n) is 4.86. The molecule has 1 rings (SSSR count). The van der Waals surface area contributed by atoms with Gasteiger partial charge in [-0.15, -0.1) is 11.8 Å². The maximum absolute atomic E-state index is 11.0. The van der Waals surface area contributed by atoms with Crippen molar-refractivity contribution in [2.75, 3.05) is 5.73 Å². The molecule has 0 aliphatic rings. The van der Waals surface area contributed by atoms with E-state index >= 15 is 0 Å². The number of hydrogen-bond donors (Lipinski definition) is 2. The molecule has 0 fully saturated rings. The van der Waals surface area contributed by atoms with E-state index in [0.29, 0.717) is 15.6 Å². The van der Waals surface area contributed by atoms with Crippen LogP contribution in [0.5, 0.6) is 0 Å². The van der Waals surface area contributed by atoms with Gasteiger partial charge >= 0.3 is 5.97 Å². The number of benzene rings is 1. The van der Waals surface area contributed by atoms with Crippen LogP contribution in [0.25, 0.3) is 0 Å². The summed E-state index contributed by atoms with van der Waals surface area (Å²) in [7, 11) is 0.